The van der Waals surface area contributed by atoms with Crippen LogP contribution in [0, 0.1) is 36.1 Å². The van der Waals surface area contributed by atoms with Crippen LogP contribution in [0.4, 0.5) is 17.6 Å². The Balaban J connectivity index is 1.86. The Morgan fingerprint density at radius 2 is 1.80 bits per heavy atom. The van der Waals surface area contributed by atoms with Crippen LogP contribution in [-0.2, 0) is 22.7 Å². The van der Waals surface area contributed by atoms with Crippen molar-refractivity contribution in [3.8, 4) is 0 Å². The van der Waals surface area contributed by atoms with Crippen LogP contribution in [0.5, 0.6) is 0 Å². The van der Waals surface area contributed by atoms with Crippen molar-refractivity contribution in [1.82, 2.24) is 10.5 Å². The normalized spacial score (nSPS) is 12.2. The second-order valence-corrected chi connectivity index (χ2v) is 6.83. The standard InChI is InChI=1S/C20H24F4N2O4/c1-4-28-6-5-11(2)8-25-20(27)15-7-13(30-26-15)9-29-10-14-18(23)16(21)12(3)17(22)19(14)24/h7,11H,4-6,8-10H2,1-3H3,(H,25,27). The maximum absolute atomic E-state index is 13.8. The van der Waals surface area contributed by atoms with Gasteiger partial charge in [-0.15, -0.1) is 0 Å². The first-order valence-corrected chi connectivity index (χ1v) is 9.46. The number of nitrogens with zero attached hydrogens (tertiary/aromatic N) is 1. The third-order valence-corrected chi connectivity index (χ3v) is 4.43. The van der Waals surface area contributed by atoms with Gasteiger partial charge in [0.1, 0.15) is 6.61 Å². The van der Waals surface area contributed by atoms with Gasteiger partial charge in [0.15, 0.2) is 34.7 Å². The summed E-state index contributed by atoms with van der Waals surface area (Å²) in [6.45, 7) is 5.44. The fourth-order valence-corrected chi connectivity index (χ4v) is 2.54. The van der Waals surface area contributed by atoms with Gasteiger partial charge in [-0.05, 0) is 26.2 Å². The van der Waals surface area contributed by atoms with Crippen molar-refractivity contribution in [3.05, 3.63) is 51.9 Å². The van der Waals surface area contributed by atoms with E-state index in [0.29, 0.717) is 19.8 Å². The Morgan fingerprint density at radius 3 is 2.43 bits per heavy atom. The number of aromatic nitrogens is 1. The SMILES string of the molecule is CCOCCC(C)CNC(=O)c1cc(COCc2c(F)c(F)c(C)c(F)c2F)on1. The minimum absolute atomic E-state index is 0.00962. The summed E-state index contributed by atoms with van der Waals surface area (Å²) in [7, 11) is 0. The zero-order valence-corrected chi connectivity index (χ0v) is 17.0. The molecule has 0 spiro atoms. The maximum Gasteiger partial charge on any atom is 0.273 e. The van der Waals surface area contributed by atoms with Gasteiger partial charge in [0, 0.05) is 31.4 Å². The molecule has 0 aliphatic carbocycles. The molecule has 0 aliphatic rings. The van der Waals surface area contributed by atoms with E-state index in [2.05, 4.69) is 10.5 Å². The molecule has 1 aromatic heterocycles. The molecule has 10 heteroatoms. The average molecular weight is 432 g/mol. The van der Waals surface area contributed by atoms with Crippen molar-refractivity contribution in [1.29, 1.82) is 0 Å². The molecule has 0 saturated carbocycles. The van der Waals surface area contributed by atoms with Gasteiger partial charge in [0.25, 0.3) is 5.91 Å². The monoisotopic (exact) mass is 432 g/mol. The fourth-order valence-electron chi connectivity index (χ4n) is 2.54. The Labute approximate surface area is 171 Å². The molecule has 0 fully saturated rings. The summed E-state index contributed by atoms with van der Waals surface area (Å²) >= 11 is 0. The summed E-state index contributed by atoms with van der Waals surface area (Å²) in [5.74, 6) is -6.10. The van der Waals surface area contributed by atoms with Crippen LogP contribution < -0.4 is 5.32 Å². The summed E-state index contributed by atoms with van der Waals surface area (Å²) in [4.78, 5) is 12.1. The highest BCUT2D eigenvalue weighted by Crippen LogP contribution is 2.24. The minimum Gasteiger partial charge on any atom is -0.382 e. The van der Waals surface area contributed by atoms with Crippen LogP contribution in [0.3, 0.4) is 0 Å². The molecule has 0 saturated heterocycles. The molecule has 2 rings (SSSR count). The molecular weight excluding hydrogens is 408 g/mol. The van der Waals surface area contributed by atoms with Crippen LogP contribution in [0.25, 0.3) is 0 Å². The summed E-state index contributed by atoms with van der Waals surface area (Å²) in [5.41, 5.74) is -1.60. The molecule has 6 nitrogen and oxygen atoms in total. The molecule has 2 aromatic rings. The zero-order valence-electron chi connectivity index (χ0n) is 17.0. The Bertz CT molecular complexity index is 844. The molecule has 0 aliphatic heterocycles. The Morgan fingerprint density at radius 1 is 1.13 bits per heavy atom. The second kappa shape index (κ2) is 11.1. The lowest BCUT2D eigenvalue weighted by molar-refractivity contribution is 0.0828. The quantitative estimate of drug-likeness (QED) is 0.330. The van der Waals surface area contributed by atoms with Gasteiger partial charge in [-0.3, -0.25) is 4.79 Å². The van der Waals surface area contributed by atoms with Crippen molar-refractivity contribution in [2.24, 2.45) is 5.92 Å². The Hall–Kier alpha value is -2.46. The highest BCUT2D eigenvalue weighted by Gasteiger charge is 2.23. The predicted octanol–water partition coefficient (Wildman–Crippen LogP) is 4.05. The number of hydrogen-bond donors (Lipinski definition) is 1. The van der Waals surface area contributed by atoms with E-state index < -0.39 is 46.9 Å². The third-order valence-electron chi connectivity index (χ3n) is 4.43. The first-order valence-electron chi connectivity index (χ1n) is 9.46. The number of nitrogens with one attached hydrogen (secondary N) is 1. The molecule has 0 bridgehead atoms. The molecule has 166 valence electrons. The molecule has 1 aromatic carbocycles. The maximum atomic E-state index is 13.8. The molecule has 1 atom stereocenters. The first kappa shape index (κ1) is 23.8. The van der Waals surface area contributed by atoms with Crippen LogP contribution in [-0.4, -0.2) is 30.8 Å². The van der Waals surface area contributed by atoms with Crippen molar-refractivity contribution < 1.29 is 36.4 Å². The molecule has 1 N–H and O–H groups in total. The van der Waals surface area contributed by atoms with Gasteiger partial charge in [0.05, 0.1) is 12.2 Å². The van der Waals surface area contributed by atoms with E-state index in [1.807, 2.05) is 13.8 Å². The second-order valence-electron chi connectivity index (χ2n) is 6.83. The van der Waals surface area contributed by atoms with E-state index in [0.717, 1.165) is 13.3 Å². The number of rotatable bonds is 11. The van der Waals surface area contributed by atoms with Gasteiger partial charge in [-0.25, -0.2) is 17.6 Å². The summed E-state index contributed by atoms with van der Waals surface area (Å²) in [6, 6.07) is 1.31. The molecular formula is C20H24F4N2O4. The molecule has 30 heavy (non-hydrogen) atoms. The number of halogens is 4. The van der Waals surface area contributed by atoms with E-state index in [-0.39, 0.29) is 24.0 Å². The summed E-state index contributed by atoms with van der Waals surface area (Å²) in [6.07, 6.45) is 0.791. The number of hydrogen-bond acceptors (Lipinski definition) is 5. The lowest BCUT2D eigenvalue weighted by Crippen LogP contribution is -2.29. The largest absolute Gasteiger partial charge is 0.382 e. The molecule has 0 radical (unpaired) electrons. The van der Waals surface area contributed by atoms with Crippen molar-refractivity contribution in [3.63, 3.8) is 0 Å². The number of amides is 1. The average Bonchev–Trinajstić information content (AvgIpc) is 3.21. The van der Waals surface area contributed by atoms with E-state index in [1.54, 1.807) is 0 Å². The van der Waals surface area contributed by atoms with E-state index in [4.69, 9.17) is 14.0 Å². The number of carbonyl (C=O) groups excluding carboxylic acids is 1. The molecule has 1 unspecified atom stereocenters. The van der Waals surface area contributed by atoms with E-state index in [9.17, 15) is 22.4 Å². The predicted molar refractivity (Wildman–Crippen MR) is 98.6 cm³/mol. The number of benzene rings is 1. The van der Waals surface area contributed by atoms with Gasteiger partial charge >= 0.3 is 0 Å². The fraction of sp³-hybridized carbons (Fsp3) is 0.500. The van der Waals surface area contributed by atoms with Crippen molar-refractivity contribution in [2.75, 3.05) is 19.8 Å². The van der Waals surface area contributed by atoms with Gasteiger partial charge in [0.2, 0.25) is 0 Å². The van der Waals surface area contributed by atoms with Crippen molar-refractivity contribution >= 4 is 5.91 Å². The van der Waals surface area contributed by atoms with Crippen LogP contribution in [0.2, 0.25) is 0 Å². The zero-order chi connectivity index (χ0) is 22.3. The lowest BCUT2D eigenvalue weighted by atomic mass is 10.1. The van der Waals surface area contributed by atoms with E-state index >= 15 is 0 Å². The van der Waals surface area contributed by atoms with Gasteiger partial charge in [-0.2, -0.15) is 0 Å². The third kappa shape index (κ3) is 6.02. The smallest absolute Gasteiger partial charge is 0.273 e. The van der Waals surface area contributed by atoms with Crippen LogP contribution in [0.15, 0.2) is 10.6 Å². The van der Waals surface area contributed by atoms with Gasteiger partial charge < -0.3 is 19.3 Å². The van der Waals surface area contributed by atoms with Gasteiger partial charge in [-0.1, -0.05) is 12.1 Å². The molecule has 1 heterocycles. The number of ether oxygens (including phenoxy) is 2. The first-order chi connectivity index (χ1) is 14.3. The highest BCUT2D eigenvalue weighted by molar-refractivity contribution is 5.92. The molecule has 1 amide bonds. The summed E-state index contributed by atoms with van der Waals surface area (Å²) in [5, 5.41) is 6.32. The lowest BCUT2D eigenvalue weighted by Gasteiger charge is -2.11. The highest BCUT2D eigenvalue weighted by atomic mass is 19.2. The minimum atomic E-state index is -1.51. The van der Waals surface area contributed by atoms with E-state index in [1.165, 1.54) is 6.07 Å². The Kier molecular flexibility index (Phi) is 8.79. The summed E-state index contributed by atoms with van der Waals surface area (Å²) < 4.78 is 70.1. The van der Waals surface area contributed by atoms with Crippen LogP contribution >= 0.6 is 0 Å². The van der Waals surface area contributed by atoms with Crippen LogP contribution in [0.1, 0.15) is 47.6 Å². The topological polar surface area (TPSA) is 73.6 Å². The number of carbonyl (C=O) groups is 1. The van der Waals surface area contributed by atoms with Crippen molar-refractivity contribution in [2.45, 2.75) is 40.4 Å².